The van der Waals surface area contributed by atoms with Crippen molar-refractivity contribution in [2.24, 2.45) is 23.7 Å². The van der Waals surface area contributed by atoms with Crippen molar-refractivity contribution in [1.82, 2.24) is 4.90 Å². The number of para-hydroxylation sites is 1. The second-order valence-electron chi connectivity index (χ2n) is 9.39. The maximum Gasteiger partial charge on any atom is 0.248 e. The van der Waals surface area contributed by atoms with Crippen molar-refractivity contribution in [3.8, 4) is 0 Å². The van der Waals surface area contributed by atoms with E-state index in [1.54, 1.807) is 0 Å². The van der Waals surface area contributed by atoms with E-state index >= 15 is 0 Å². The van der Waals surface area contributed by atoms with E-state index in [4.69, 9.17) is 0 Å². The van der Waals surface area contributed by atoms with Crippen LogP contribution in [0.25, 0.3) is 0 Å². The minimum Gasteiger partial charge on any atom is -0.324 e. The van der Waals surface area contributed by atoms with Crippen molar-refractivity contribution in [2.75, 3.05) is 5.32 Å². The molecule has 5 atom stereocenters. The molecule has 2 saturated carbocycles. The molecule has 0 radical (unpaired) electrons. The third-order valence-corrected chi connectivity index (χ3v) is 7.58. The molecule has 0 unspecified atom stereocenters. The molecule has 3 aliphatic rings. The normalized spacial score (nSPS) is 27.5. The van der Waals surface area contributed by atoms with Gasteiger partial charge in [-0.1, -0.05) is 48.5 Å². The lowest BCUT2D eigenvalue weighted by Gasteiger charge is -2.27. The highest BCUT2D eigenvalue weighted by molar-refractivity contribution is 6.10. The average Bonchev–Trinajstić information content (AvgIpc) is 3.44. The molecule has 3 amide bonds. The Morgan fingerprint density at radius 2 is 1.52 bits per heavy atom. The number of likely N-dealkylation sites (tertiary alicyclic amines) is 1. The lowest BCUT2D eigenvalue weighted by atomic mass is 9.81. The summed E-state index contributed by atoms with van der Waals surface area (Å²) in [6.07, 6.45) is 3.36. The molecule has 2 aromatic rings. The number of benzene rings is 2. The van der Waals surface area contributed by atoms with Crippen molar-refractivity contribution < 1.29 is 14.4 Å². The molecular formula is C26H28N2O3. The minimum atomic E-state index is -0.841. The Labute approximate surface area is 182 Å². The van der Waals surface area contributed by atoms with E-state index < -0.39 is 6.04 Å². The van der Waals surface area contributed by atoms with Gasteiger partial charge >= 0.3 is 0 Å². The Morgan fingerprint density at radius 1 is 0.935 bits per heavy atom. The van der Waals surface area contributed by atoms with Gasteiger partial charge in [-0.05, 0) is 61.6 Å². The van der Waals surface area contributed by atoms with E-state index in [9.17, 15) is 14.4 Å². The molecule has 2 bridgehead atoms. The topological polar surface area (TPSA) is 66.5 Å². The first-order valence-corrected chi connectivity index (χ1v) is 11.2. The molecule has 5 heteroatoms. The second-order valence-corrected chi connectivity index (χ2v) is 9.39. The van der Waals surface area contributed by atoms with Crippen LogP contribution in [0.1, 0.15) is 36.0 Å². The number of nitrogens with one attached hydrogen (secondary N) is 1. The summed E-state index contributed by atoms with van der Waals surface area (Å²) >= 11 is 0. The van der Waals surface area contributed by atoms with Gasteiger partial charge in [0.05, 0.1) is 11.8 Å². The number of amides is 3. The average molecular weight is 417 g/mol. The van der Waals surface area contributed by atoms with Gasteiger partial charge in [-0.2, -0.15) is 0 Å². The van der Waals surface area contributed by atoms with Crippen LogP contribution in [0.2, 0.25) is 0 Å². The number of rotatable bonds is 5. The first kappa shape index (κ1) is 20.0. The molecular weight excluding hydrogens is 388 g/mol. The monoisotopic (exact) mass is 416 g/mol. The zero-order valence-electron chi connectivity index (χ0n) is 18.0. The lowest BCUT2D eigenvalue weighted by Crippen LogP contribution is -2.49. The largest absolute Gasteiger partial charge is 0.324 e. The van der Waals surface area contributed by atoms with E-state index in [0.717, 1.165) is 41.6 Å². The lowest BCUT2D eigenvalue weighted by molar-refractivity contribution is -0.147. The number of aryl methyl sites for hydroxylation is 2. The molecule has 0 spiro atoms. The van der Waals surface area contributed by atoms with E-state index in [1.807, 2.05) is 62.4 Å². The molecule has 5 nitrogen and oxygen atoms in total. The molecule has 2 aliphatic carbocycles. The summed E-state index contributed by atoms with van der Waals surface area (Å²) in [6, 6.07) is 14.6. The Bertz CT molecular complexity index is 1000. The van der Waals surface area contributed by atoms with Gasteiger partial charge in [-0.15, -0.1) is 0 Å². The van der Waals surface area contributed by atoms with Crippen molar-refractivity contribution in [2.45, 2.75) is 45.6 Å². The number of anilines is 1. The predicted octanol–water partition coefficient (Wildman–Crippen LogP) is 3.88. The Hall–Kier alpha value is -2.95. The van der Waals surface area contributed by atoms with Crippen molar-refractivity contribution in [3.63, 3.8) is 0 Å². The molecule has 5 rings (SSSR count). The Balaban J connectivity index is 1.48. The zero-order valence-corrected chi connectivity index (χ0v) is 18.0. The molecule has 160 valence electrons. The summed E-state index contributed by atoms with van der Waals surface area (Å²) in [5.74, 6) is -0.420. The van der Waals surface area contributed by atoms with Crippen LogP contribution in [0.5, 0.6) is 0 Å². The summed E-state index contributed by atoms with van der Waals surface area (Å²) in [7, 11) is 0. The van der Waals surface area contributed by atoms with Crippen LogP contribution < -0.4 is 5.32 Å². The van der Waals surface area contributed by atoms with Gasteiger partial charge in [0, 0.05) is 12.1 Å². The first-order chi connectivity index (χ1) is 15.0. The van der Waals surface area contributed by atoms with Crippen LogP contribution in [-0.2, 0) is 20.8 Å². The number of nitrogens with zero attached hydrogens (tertiary/aromatic N) is 1. The summed E-state index contributed by atoms with van der Waals surface area (Å²) in [6.45, 7) is 3.89. The summed E-state index contributed by atoms with van der Waals surface area (Å²) in [5, 5.41) is 3.04. The van der Waals surface area contributed by atoms with Crippen molar-refractivity contribution in [1.29, 1.82) is 0 Å². The minimum absolute atomic E-state index is 0.139. The fourth-order valence-electron chi connectivity index (χ4n) is 6.10. The maximum atomic E-state index is 13.5. The Kier molecular flexibility index (Phi) is 4.92. The van der Waals surface area contributed by atoms with Crippen LogP contribution in [0.3, 0.4) is 0 Å². The standard InChI is InChI=1S/C26H28N2O3/c1-15-7-6-8-16(2)23(15)27-24(29)20(13-17-9-4-3-5-10-17)28-25(30)21-18-11-12-19(14-18)22(21)26(28)31/h3-10,18-22H,11-14H2,1-2H3,(H,27,29)/t18-,19-,20+,21-,22+/m0/s1. The number of fused-ring (bicyclic) bond motifs is 5. The SMILES string of the molecule is Cc1cccc(C)c1NC(=O)[C@@H](Cc1ccccc1)N1C(=O)[C@@H]2[C@H]3CC[C@@H](C3)[C@@H]2C1=O. The Morgan fingerprint density at radius 3 is 2.10 bits per heavy atom. The molecule has 0 aromatic heterocycles. The predicted molar refractivity (Wildman–Crippen MR) is 118 cm³/mol. The van der Waals surface area contributed by atoms with Crippen LogP contribution >= 0.6 is 0 Å². The van der Waals surface area contributed by atoms with E-state index in [0.29, 0.717) is 18.3 Å². The van der Waals surface area contributed by atoms with Gasteiger partial charge in [0.25, 0.3) is 0 Å². The third-order valence-electron chi connectivity index (χ3n) is 7.58. The van der Waals surface area contributed by atoms with Crippen molar-refractivity contribution in [3.05, 3.63) is 65.2 Å². The maximum absolute atomic E-state index is 13.5. The van der Waals surface area contributed by atoms with Gasteiger partial charge in [-0.3, -0.25) is 19.3 Å². The highest BCUT2D eigenvalue weighted by Crippen LogP contribution is 2.56. The second kappa shape index (κ2) is 7.63. The van der Waals surface area contributed by atoms with Crippen LogP contribution in [-0.4, -0.2) is 28.7 Å². The molecule has 1 N–H and O–H groups in total. The van der Waals surface area contributed by atoms with Crippen LogP contribution in [0.15, 0.2) is 48.5 Å². The molecule has 2 aromatic carbocycles. The molecule has 1 aliphatic heterocycles. The molecule has 1 heterocycles. The number of imide groups is 1. The van der Waals surface area contributed by atoms with Gasteiger partial charge in [0.2, 0.25) is 17.7 Å². The molecule has 1 saturated heterocycles. The van der Waals surface area contributed by atoms with E-state index in [-0.39, 0.29) is 29.6 Å². The number of carbonyl (C=O) groups is 3. The fraction of sp³-hybridized carbons (Fsp3) is 0.423. The quantitative estimate of drug-likeness (QED) is 0.752. The van der Waals surface area contributed by atoms with Crippen LogP contribution in [0.4, 0.5) is 5.69 Å². The summed E-state index contributed by atoms with van der Waals surface area (Å²) < 4.78 is 0. The first-order valence-electron chi connectivity index (χ1n) is 11.2. The van der Waals surface area contributed by atoms with E-state index in [1.165, 1.54) is 4.90 Å². The number of carbonyl (C=O) groups excluding carboxylic acids is 3. The highest BCUT2D eigenvalue weighted by atomic mass is 16.2. The third kappa shape index (κ3) is 3.27. The van der Waals surface area contributed by atoms with Gasteiger partial charge in [-0.25, -0.2) is 0 Å². The number of hydrogen-bond acceptors (Lipinski definition) is 3. The van der Waals surface area contributed by atoms with Crippen molar-refractivity contribution >= 4 is 23.4 Å². The fourth-order valence-corrected chi connectivity index (χ4v) is 6.10. The summed E-state index contributed by atoms with van der Waals surface area (Å²) in [4.78, 5) is 41.7. The number of hydrogen-bond donors (Lipinski definition) is 1. The smallest absolute Gasteiger partial charge is 0.248 e. The molecule has 3 fully saturated rings. The van der Waals surface area contributed by atoms with Gasteiger partial charge < -0.3 is 5.32 Å². The highest BCUT2D eigenvalue weighted by Gasteiger charge is 2.62. The van der Waals surface area contributed by atoms with Gasteiger partial charge in [0.1, 0.15) is 6.04 Å². The van der Waals surface area contributed by atoms with Gasteiger partial charge in [0.15, 0.2) is 0 Å². The van der Waals surface area contributed by atoms with Crippen LogP contribution in [0, 0.1) is 37.5 Å². The van der Waals surface area contributed by atoms with E-state index in [2.05, 4.69) is 5.32 Å². The molecule has 31 heavy (non-hydrogen) atoms. The summed E-state index contributed by atoms with van der Waals surface area (Å²) in [5.41, 5.74) is 3.61. The zero-order chi connectivity index (χ0) is 21.7.